The Morgan fingerprint density at radius 1 is 1.25 bits per heavy atom. The van der Waals surface area contributed by atoms with Crippen LogP contribution in [0.15, 0.2) is 18.2 Å². The van der Waals surface area contributed by atoms with Gasteiger partial charge in [-0.25, -0.2) is 8.42 Å². The first-order chi connectivity index (χ1) is 11.2. The van der Waals surface area contributed by atoms with E-state index in [1.807, 2.05) is 0 Å². The van der Waals surface area contributed by atoms with Crippen LogP contribution in [0.1, 0.15) is 31.7 Å². The molecule has 0 aliphatic heterocycles. The van der Waals surface area contributed by atoms with Crippen LogP contribution in [-0.4, -0.2) is 31.2 Å². The molecule has 24 heavy (non-hydrogen) atoms. The Labute approximate surface area is 141 Å². The van der Waals surface area contributed by atoms with Crippen molar-refractivity contribution in [1.29, 1.82) is 0 Å². The van der Waals surface area contributed by atoms with E-state index in [4.69, 9.17) is 5.11 Å². The Balaban J connectivity index is 2.02. The third-order valence-electron chi connectivity index (χ3n) is 4.29. The van der Waals surface area contributed by atoms with Gasteiger partial charge in [0, 0.05) is 11.6 Å². The highest BCUT2D eigenvalue weighted by Gasteiger charge is 2.33. The maximum absolute atomic E-state index is 12.2. The van der Waals surface area contributed by atoms with E-state index in [0.717, 1.165) is 0 Å². The van der Waals surface area contributed by atoms with Crippen molar-refractivity contribution in [1.82, 2.24) is 0 Å². The van der Waals surface area contributed by atoms with Gasteiger partial charge in [-0.2, -0.15) is 0 Å². The predicted molar refractivity (Wildman–Crippen MR) is 91.4 cm³/mol. The molecule has 0 aromatic heterocycles. The van der Waals surface area contributed by atoms with Crippen LogP contribution in [0.4, 0.5) is 11.4 Å². The van der Waals surface area contributed by atoms with E-state index in [1.165, 1.54) is 0 Å². The summed E-state index contributed by atoms with van der Waals surface area (Å²) in [5, 5.41) is 11.8. The van der Waals surface area contributed by atoms with Gasteiger partial charge in [-0.3, -0.25) is 14.3 Å². The molecule has 1 fully saturated rings. The number of carboxylic acid groups (broad SMARTS) is 1. The van der Waals surface area contributed by atoms with E-state index >= 15 is 0 Å². The van der Waals surface area contributed by atoms with Crippen molar-refractivity contribution < 1.29 is 23.1 Å². The van der Waals surface area contributed by atoms with Gasteiger partial charge in [0.15, 0.2) is 0 Å². The maximum atomic E-state index is 12.2. The van der Waals surface area contributed by atoms with Crippen LogP contribution in [0.5, 0.6) is 0 Å². The smallest absolute Gasteiger partial charge is 0.306 e. The fourth-order valence-electron chi connectivity index (χ4n) is 2.78. The SMILES string of the molecule is CCS(=O)(=O)Nc1ccc(NC(=O)[C@@H]2CC[C@H](C(=O)O)C2)cc1C. The van der Waals surface area contributed by atoms with Crippen molar-refractivity contribution in [3.05, 3.63) is 23.8 Å². The van der Waals surface area contributed by atoms with Crippen LogP contribution in [0.3, 0.4) is 0 Å². The Kier molecular flexibility index (Phi) is 5.48. The molecule has 8 heteroatoms. The fourth-order valence-corrected chi connectivity index (χ4v) is 3.49. The molecular weight excluding hydrogens is 332 g/mol. The molecule has 0 saturated heterocycles. The van der Waals surface area contributed by atoms with Crippen molar-refractivity contribution >= 4 is 33.3 Å². The number of aliphatic carboxylic acids is 1. The molecule has 132 valence electrons. The van der Waals surface area contributed by atoms with Gasteiger partial charge >= 0.3 is 5.97 Å². The lowest BCUT2D eigenvalue weighted by atomic mass is 10.0. The highest BCUT2D eigenvalue weighted by molar-refractivity contribution is 7.92. The summed E-state index contributed by atoms with van der Waals surface area (Å²) in [5.74, 6) is -1.82. The number of carbonyl (C=O) groups is 2. The number of carbonyl (C=O) groups excluding carboxylic acids is 1. The predicted octanol–water partition coefficient (Wildman–Crippen LogP) is 2.20. The maximum Gasteiger partial charge on any atom is 0.306 e. The molecule has 1 aliphatic rings. The Morgan fingerprint density at radius 3 is 2.46 bits per heavy atom. The van der Waals surface area contributed by atoms with Gasteiger partial charge < -0.3 is 10.4 Å². The van der Waals surface area contributed by atoms with Gasteiger partial charge in [0.05, 0.1) is 17.4 Å². The van der Waals surface area contributed by atoms with E-state index in [1.54, 1.807) is 32.0 Å². The highest BCUT2D eigenvalue weighted by atomic mass is 32.2. The normalized spacial score (nSPS) is 20.6. The molecule has 1 aromatic carbocycles. The number of hydrogen-bond acceptors (Lipinski definition) is 4. The molecular formula is C16H22N2O5S. The zero-order chi connectivity index (χ0) is 17.9. The van der Waals surface area contributed by atoms with Gasteiger partial charge in [-0.05, 0) is 56.9 Å². The molecule has 2 rings (SSSR count). The van der Waals surface area contributed by atoms with E-state index in [0.29, 0.717) is 36.2 Å². The zero-order valence-electron chi connectivity index (χ0n) is 13.7. The number of rotatable bonds is 6. The summed E-state index contributed by atoms with van der Waals surface area (Å²) in [6.45, 7) is 3.30. The van der Waals surface area contributed by atoms with E-state index in [2.05, 4.69) is 10.0 Å². The molecule has 1 saturated carbocycles. The molecule has 0 heterocycles. The van der Waals surface area contributed by atoms with Gasteiger partial charge in [-0.15, -0.1) is 0 Å². The molecule has 0 unspecified atom stereocenters. The molecule has 0 spiro atoms. The van der Waals surface area contributed by atoms with Gasteiger partial charge in [0.2, 0.25) is 15.9 Å². The largest absolute Gasteiger partial charge is 0.481 e. The molecule has 0 radical (unpaired) electrons. The molecule has 3 N–H and O–H groups in total. The van der Waals surface area contributed by atoms with E-state index < -0.39 is 21.9 Å². The second-order valence-electron chi connectivity index (χ2n) is 6.07. The monoisotopic (exact) mass is 354 g/mol. The van der Waals surface area contributed by atoms with Crippen LogP contribution in [-0.2, 0) is 19.6 Å². The minimum Gasteiger partial charge on any atom is -0.481 e. The van der Waals surface area contributed by atoms with Crippen molar-refractivity contribution in [2.45, 2.75) is 33.1 Å². The number of amides is 1. The number of hydrogen-bond donors (Lipinski definition) is 3. The van der Waals surface area contributed by atoms with Crippen LogP contribution in [0.2, 0.25) is 0 Å². The fraction of sp³-hybridized carbons (Fsp3) is 0.500. The number of carboxylic acids is 1. The summed E-state index contributed by atoms with van der Waals surface area (Å²) < 4.78 is 25.7. The highest BCUT2D eigenvalue weighted by Crippen LogP contribution is 2.32. The molecule has 1 amide bonds. The van der Waals surface area contributed by atoms with Crippen molar-refractivity contribution in [2.75, 3.05) is 15.8 Å². The Morgan fingerprint density at radius 2 is 1.92 bits per heavy atom. The Hall–Kier alpha value is -2.09. The standard InChI is InChI=1S/C16H22N2O5S/c1-3-24(22,23)18-14-7-6-13(8-10(14)2)17-15(19)11-4-5-12(9-11)16(20)21/h6-8,11-12,18H,3-5,9H2,1-2H3,(H,17,19)(H,20,21)/t11-,12+/m1/s1. The minimum atomic E-state index is -3.35. The molecule has 1 aliphatic carbocycles. The van der Waals surface area contributed by atoms with Crippen LogP contribution >= 0.6 is 0 Å². The molecule has 0 bridgehead atoms. The topological polar surface area (TPSA) is 113 Å². The molecule has 1 aromatic rings. The number of anilines is 2. The van der Waals surface area contributed by atoms with Gasteiger partial charge in [0.25, 0.3) is 0 Å². The van der Waals surface area contributed by atoms with Crippen molar-refractivity contribution in [3.63, 3.8) is 0 Å². The summed E-state index contributed by atoms with van der Waals surface area (Å²) in [6.07, 6.45) is 1.44. The molecule has 2 atom stereocenters. The van der Waals surface area contributed by atoms with Crippen molar-refractivity contribution in [2.24, 2.45) is 11.8 Å². The van der Waals surface area contributed by atoms with Crippen LogP contribution in [0.25, 0.3) is 0 Å². The first-order valence-corrected chi connectivity index (χ1v) is 9.52. The first kappa shape index (κ1) is 18.3. The third-order valence-corrected chi connectivity index (χ3v) is 5.58. The number of sulfonamides is 1. The summed E-state index contributed by atoms with van der Waals surface area (Å²) in [5.41, 5.74) is 1.73. The quantitative estimate of drug-likeness (QED) is 0.725. The second-order valence-corrected chi connectivity index (χ2v) is 8.08. The average molecular weight is 354 g/mol. The van der Waals surface area contributed by atoms with Gasteiger partial charge in [-0.1, -0.05) is 0 Å². The summed E-state index contributed by atoms with van der Waals surface area (Å²) in [6, 6.07) is 4.92. The number of benzene rings is 1. The zero-order valence-corrected chi connectivity index (χ0v) is 14.5. The second kappa shape index (κ2) is 7.21. The first-order valence-electron chi connectivity index (χ1n) is 7.86. The average Bonchev–Trinajstić information content (AvgIpc) is 3.00. The summed E-state index contributed by atoms with van der Waals surface area (Å²) in [7, 11) is -3.35. The summed E-state index contributed by atoms with van der Waals surface area (Å²) in [4.78, 5) is 23.2. The third kappa shape index (κ3) is 4.47. The van der Waals surface area contributed by atoms with E-state index in [9.17, 15) is 18.0 Å². The van der Waals surface area contributed by atoms with Crippen LogP contribution in [0, 0.1) is 18.8 Å². The molecule has 7 nitrogen and oxygen atoms in total. The number of nitrogens with one attached hydrogen (secondary N) is 2. The van der Waals surface area contributed by atoms with Crippen molar-refractivity contribution in [3.8, 4) is 0 Å². The minimum absolute atomic E-state index is 0.0165. The lowest BCUT2D eigenvalue weighted by Crippen LogP contribution is -2.22. The lowest BCUT2D eigenvalue weighted by Gasteiger charge is -2.14. The Bertz CT molecular complexity index is 745. The lowest BCUT2D eigenvalue weighted by molar-refractivity contribution is -0.141. The van der Waals surface area contributed by atoms with E-state index in [-0.39, 0.29) is 17.6 Å². The number of aryl methyl sites for hydroxylation is 1. The van der Waals surface area contributed by atoms with Gasteiger partial charge in [0.1, 0.15) is 0 Å². The summed E-state index contributed by atoms with van der Waals surface area (Å²) >= 11 is 0. The van der Waals surface area contributed by atoms with Crippen LogP contribution < -0.4 is 10.0 Å².